The third kappa shape index (κ3) is 17.7. The van der Waals surface area contributed by atoms with E-state index in [-0.39, 0.29) is 28.8 Å². The molecule has 11 heteroatoms. The predicted octanol–water partition coefficient (Wildman–Crippen LogP) is 14.3. The summed E-state index contributed by atoms with van der Waals surface area (Å²) in [6.07, 6.45) is 3.49. The van der Waals surface area contributed by atoms with Gasteiger partial charge in [0.25, 0.3) is 0 Å². The number of rotatable bonds is 4. The standard InChI is InChI=1S/C15H25N3O2.C10H17N3.C10H14.C9H10Cl2.C9H11F/c1-14(2,3)12-7-8-16-18(12)11-9-17(10-11)13(19)20-15(4,5)6;1-10(2,3)9-4-5-12-13(9)8-6-11-7-8;1-10(2,3)9-7-5-4-6-8-9;1-6(2)7-3-8(10)5-9(11)4-7;1-7(2)8-3-5-9(10)6-4-8/h7-8,11H,9-10H2,1-6H3;4-5,8,11H,6-7H2,1-3H3;4-8H,1-3H3;3-6H,1-2H3;3-7H,1-2H3. The van der Waals surface area contributed by atoms with Gasteiger partial charge in [-0.1, -0.05) is 156 Å². The number of hydrogen-bond acceptors (Lipinski definition) is 5. The van der Waals surface area contributed by atoms with Crippen LogP contribution in [-0.2, 0) is 21.0 Å². The lowest BCUT2D eigenvalue weighted by atomic mass is 9.87. The highest BCUT2D eigenvalue weighted by Crippen LogP contribution is 2.30. The van der Waals surface area contributed by atoms with Crippen LogP contribution < -0.4 is 5.32 Å². The Bertz CT molecular complexity index is 2120. The van der Waals surface area contributed by atoms with Crippen LogP contribution in [0.3, 0.4) is 0 Å². The van der Waals surface area contributed by atoms with E-state index in [2.05, 4.69) is 153 Å². The monoisotopic (exact) mass is 919 g/mol. The molecular formula is C53H77Cl2FN6O2. The molecule has 0 spiro atoms. The molecule has 4 heterocycles. The minimum Gasteiger partial charge on any atom is -0.444 e. The largest absolute Gasteiger partial charge is 0.444 e. The predicted molar refractivity (Wildman–Crippen MR) is 267 cm³/mol. The third-order valence-corrected chi connectivity index (χ3v) is 11.0. The summed E-state index contributed by atoms with van der Waals surface area (Å²) in [5, 5.41) is 13.5. The van der Waals surface area contributed by atoms with Gasteiger partial charge in [-0.2, -0.15) is 10.2 Å². The van der Waals surface area contributed by atoms with Gasteiger partial charge in [0, 0.05) is 70.8 Å². The number of nitrogens with one attached hydrogen (secondary N) is 1. The van der Waals surface area contributed by atoms with Crippen molar-refractivity contribution in [3.8, 4) is 0 Å². The van der Waals surface area contributed by atoms with E-state index in [1.165, 1.54) is 40.2 Å². The molecule has 5 aromatic rings. The number of ether oxygens (including phenoxy) is 1. The Balaban J connectivity index is 0.000000219. The molecule has 64 heavy (non-hydrogen) atoms. The summed E-state index contributed by atoms with van der Waals surface area (Å²) < 4.78 is 21.9. The first-order valence-electron chi connectivity index (χ1n) is 22.6. The highest BCUT2D eigenvalue weighted by atomic mass is 35.5. The molecule has 2 aliphatic rings. The van der Waals surface area contributed by atoms with Gasteiger partial charge in [0.2, 0.25) is 0 Å². The van der Waals surface area contributed by atoms with Crippen molar-refractivity contribution in [3.05, 3.63) is 141 Å². The number of benzene rings is 3. The highest BCUT2D eigenvalue weighted by molar-refractivity contribution is 6.34. The molecule has 0 aliphatic carbocycles. The highest BCUT2D eigenvalue weighted by Gasteiger charge is 2.37. The van der Waals surface area contributed by atoms with Crippen molar-refractivity contribution in [2.24, 2.45) is 0 Å². The molecular weight excluding hydrogens is 843 g/mol. The van der Waals surface area contributed by atoms with Gasteiger partial charge in [0.15, 0.2) is 0 Å². The van der Waals surface area contributed by atoms with Crippen molar-refractivity contribution >= 4 is 29.3 Å². The van der Waals surface area contributed by atoms with E-state index in [4.69, 9.17) is 27.9 Å². The van der Waals surface area contributed by atoms with Crippen LogP contribution in [0, 0.1) is 5.82 Å². The summed E-state index contributed by atoms with van der Waals surface area (Å²) in [7, 11) is 0. The van der Waals surface area contributed by atoms with Gasteiger partial charge in [-0.25, -0.2) is 9.18 Å². The smallest absolute Gasteiger partial charge is 0.410 e. The topological polar surface area (TPSA) is 77.2 Å². The van der Waals surface area contributed by atoms with Crippen LogP contribution in [0.5, 0.6) is 0 Å². The van der Waals surface area contributed by atoms with Crippen molar-refractivity contribution in [1.82, 2.24) is 29.8 Å². The fourth-order valence-electron chi connectivity index (χ4n) is 6.62. The molecule has 1 N–H and O–H groups in total. The Kier molecular flexibility index (Phi) is 19.7. The molecule has 8 nitrogen and oxygen atoms in total. The summed E-state index contributed by atoms with van der Waals surface area (Å²) in [5.74, 6) is 0.802. The van der Waals surface area contributed by atoms with Crippen LogP contribution in [0.2, 0.25) is 10.0 Å². The average molecular weight is 920 g/mol. The number of nitrogens with zero attached hydrogens (tertiary/aromatic N) is 5. The summed E-state index contributed by atoms with van der Waals surface area (Å²) in [4.78, 5) is 13.6. The summed E-state index contributed by atoms with van der Waals surface area (Å²) in [6, 6.07) is 27.8. The van der Waals surface area contributed by atoms with E-state index >= 15 is 0 Å². The first kappa shape index (κ1) is 54.2. The van der Waals surface area contributed by atoms with E-state index < -0.39 is 5.60 Å². The van der Waals surface area contributed by atoms with Crippen LogP contribution in [0.1, 0.15) is 163 Å². The Labute approximate surface area is 395 Å². The minimum absolute atomic E-state index is 0.0584. The van der Waals surface area contributed by atoms with Gasteiger partial charge >= 0.3 is 6.09 Å². The molecule has 0 saturated carbocycles. The molecule has 2 fully saturated rings. The molecule has 1 amide bonds. The zero-order valence-electron chi connectivity index (χ0n) is 41.6. The Morgan fingerprint density at radius 1 is 0.641 bits per heavy atom. The molecule has 352 valence electrons. The van der Waals surface area contributed by atoms with Gasteiger partial charge in [-0.05, 0) is 97.2 Å². The number of likely N-dealkylation sites (tertiary alicyclic amines) is 1. The number of hydrogen-bond donors (Lipinski definition) is 1. The van der Waals surface area contributed by atoms with E-state index in [9.17, 15) is 9.18 Å². The molecule has 3 aromatic carbocycles. The fourth-order valence-corrected chi connectivity index (χ4v) is 7.17. The van der Waals surface area contributed by atoms with E-state index in [0.717, 1.165) is 13.1 Å². The summed E-state index contributed by atoms with van der Waals surface area (Å²) in [5.41, 5.74) is 6.41. The second kappa shape index (κ2) is 23.3. The average Bonchev–Trinajstić information content (AvgIpc) is 3.82. The van der Waals surface area contributed by atoms with Crippen LogP contribution in [-0.4, -0.2) is 62.3 Å². The second-order valence-electron chi connectivity index (χ2n) is 21.4. The number of carbonyl (C=O) groups is 1. The van der Waals surface area contributed by atoms with Gasteiger partial charge in [0.1, 0.15) is 11.4 Å². The minimum atomic E-state index is -0.440. The first-order valence-corrected chi connectivity index (χ1v) is 23.4. The lowest BCUT2D eigenvalue weighted by molar-refractivity contribution is -0.00104. The quantitative estimate of drug-likeness (QED) is 0.194. The van der Waals surface area contributed by atoms with E-state index in [1.807, 2.05) is 62.1 Å². The molecule has 0 radical (unpaired) electrons. The number of carbonyl (C=O) groups excluding carboxylic acids is 1. The summed E-state index contributed by atoms with van der Waals surface area (Å²) >= 11 is 11.6. The van der Waals surface area contributed by atoms with Gasteiger partial charge in [-0.15, -0.1) is 0 Å². The first-order chi connectivity index (χ1) is 29.6. The van der Waals surface area contributed by atoms with Gasteiger partial charge in [0.05, 0.1) is 12.1 Å². The zero-order chi connectivity index (χ0) is 48.2. The molecule has 2 aromatic heterocycles. The lowest BCUT2D eigenvalue weighted by Crippen LogP contribution is -2.53. The molecule has 0 atom stereocenters. The van der Waals surface area contributed by atoms with Crippen LogP contribution >= 0.6 is 23.2 Å². The number of amides is 1. The molecule has 2 aliphatic heterocycles. The number of aromatic nitrogens is 4. The van der Waals surface area contributed by atoms with Gasteiger partial charge < -0.3 is 15.0 Å². The van der Waals surface area contributed by atoms with E-state index in [0.29, 0.717) is 46.4 Å². The van der Waals surface area contributed by atoms with Crippen molar-refractivity contribution in [2.75, 3.05) is 26.2 Å². The maximum absolute atomic E-state index is 12.4. The van der Waals surface area contributed by atoms with Crippen molar-refractivity contribution < 1.29 is 13.9 Å². The maximum Gasteiger partial charge on any atom is 0.410 e. The molecule has 0 bridgehead atoms. The Hall–Kier alpha value is -4.18. The van der Waals surface area contributed by atoms with Crippen molar-refractivity contribution in [1.29, 1.82) is 0 Å². The molecule has 2 saturated heterocycles. The number of halogens is 3. The SMILES string of the molecule is CC(C)(C)OC(=O)N1CC(n2nccc2C(C)(C)C)C1.CC(C)(C)c1ccccc1.CC(C)(C)c1ccnn1C1CNC1.CC(C)c1cc(Cl)cc(Cl)c1.CC(C)c1ccc(F)cc1. The maximum atomic E-state index is 12.4. The Morgan fingerprint density at radius 3 is 1.45 bits per heavy atom. The third-order valence-electron chi connectivity index (χ3n) is 10.6. The van der Waals surface area contributed by atoms with Gasteiger partial charge in [-0.3, -0.25) is 9.36 Å². The van der Waals surface area contributed by atoms with Crippen molar-refractivity contribution in [2.45, 2.75) is 157 Å². The van der Waals surface area contributed by atoms with Crippen LogP contribution in [0.4, 0.5) is 9.18 Å². The second-order valence-corrected chi connectivity index (χ2v) is 22.2. The lowest BCUT2D eigenvalue weighted by Gasteiger charge is -2.41. The van der Waals surface area contributed by atoms with Crippen LogP contribution in [0.25, 0.3) is 0 Å². The van der Waals surface area contributed by atoms with E-state index in [1.54, 1.807) is 11.0 Å². The normalized spacial score (nSPS) is 14.4. The summed E-state index contributed by atoms with van der Waals surface area (Å²) in [6.45, 7) is 37.4. The van der Waals surface area contributed by atoms with Crippen molar-refractivity contribution in [3.63, 3.8) is 0 Å². The van der Waals surface area contributed by atoms with Crippen LogP contribution in [0.15, 0.2) is 97.3 Å². The molecule has 0 unspecified atom stereocenters. The Morgan fingerprint density at radius 2 is 1.09 bits per heavy atom. The molecule has 7 rings (SSSR count). The zero-order valence-corrected chi connectivity index (χ0v) is 43.1. The fraction of sp³-hybridized carbons (Fsp3) is 0.528.